The third kappa shape index (κ3) is 3.96. The maximum Gasteiger partial charge on any atom is 0.334 e. The molecule has 0 spiro atoms. The normalized spacial score (nSPS) is 11.8. The Morgan fingerprint density at radius 1 is 1.14 bits per heavy atom. The summed E-state index contributed by atoms with van der Waals surface area (Å²) in [5.41, 5.74) is 3.25. The molecular weight excluding hydrogens is 284 g/mol. The summed E-state index contributed by atoms with van der Waals surface area (Å²) < 4.78 is 5.58. The van der Waals surface area contributed by atoms with Gasteiger partial charge in [0.25, 0.3) is 0 Å². The molecule has 1 atom stereocenters. The lowest BCUT2D eigenvalue weighted by molar-refractivity contribution is -0.142. The van der Waals surface area contributed by atoms with Gasteiger partial charge in [-0.25, -0.2) is 4.79 Å². The molecule has 2 nitrogen and oxygen atoms in total. The number of hydrogen-bond acceptors (Lipinski definition) is 2. The van der Waals surface area contributed by atoms with Crippen LogP contribution in [0.25, 0.3) is 0 Å². The first-order valence-corrected chi connectivity index (χ1v) is 7.03. The standard InChI is InChI=1S/C18H17ClO2/c1-12(2)18(20)21-17(14-9-7-13(3)8-10-14)15-5-4-6-16(19)11-15/h4-11,17H,1H2,2-3H3. The van der Waals surface area contributed by atoms with Crippen molar-refractivity contribution in [2.45, 2.75) is 20.0 Å². The quantitative estimate of drug-likeness (QED) is 0.595. The van der Waals surface area contributed by atoms with E-state index in [1.54, 1.807) is 19.1 Å². The SMILES string of the molecule is C=C(C)C(=O)OC(c1ccc(C)cc1)c1cccc(Cl)c1. The minimum atomic E-state index is -0.492. The van der Waals surface area contributed by atoms with Crippen LogP contribution < -0.4 is 0 Å². The highest BCUT2D eigenvalue weighted by Gasteiger charge is 2.19. The zero-order chi connectivity index (χ0) is 15.4. The van der Waals surface area contributed by atoms with Crippen LogP contribution in [0.5, 0.6) is 0 Å². The Bertz CT molecular complexity index is 659. The van der Waals surface area contributed by atoms with Crippen molar-refractivity contribution >= 4 is 17.6 Å². The van der Waals surface area contributed by atoms with Gasteiger partial charge < -0.3 is 4.74 Å². The average molecular weight is 301 g/mol. The average Bonchev–Trinajstić information content (AvgIpc) is 2.45. The Morgan fingerprint density at radius 3 is 2.38 bits per heavy atom. The van der Waals surface area contributed by atoms with Gasteiger partial charge >= 0.3 is 5.97 Å². The highest BCUT2D eigenvalue weighted by atomic mass is 35.5. The van der Waals surface area contributed by atoms with Crippen LogP contribution in [0.15, 0.2) is 60.7 Å². The summed E-state index contributed by atoms with van der Waals surface area (Å²) >= 11 is 6.04. The first kappa shape index (κ1) is 15.3. The molecule has 0 saturated carbocycles. The Balaban J connectivity index is 2.41. The molecule has 1 unspecified atom stereocenters. The van der Waals surface area contributed by atoms with Crippen molar-refractivity contribution in [2.24, 2.45) is 0 Å². The summed E-state index contributed by atoms with van der Waals surface area (Å²) in [4.78, 5) is 11.9. The summed E-state index contributed by atoms with van der Waals surface area (Å²) in [6.07, 6.45) is -0.492. The lowest BCUT2D eigenvalue weighted by Gasteiger charge is -2.19. The third-order valence-electron chi connectivity index (χ3n) is 3.10. The summed E-state index contributed by atoms with van der Waals surface area (Å²) in [6, 6.07) is 15.2. The van der Waals surface area contributed by atoms with Gasteiger partial charge in [-0.1, -0.05) is 60.1 Å². The van der Waals surface area contributed by atoms with Crippen LogP contribution in [-0.4, -0.2) is 5.97 Å². The van der Waals surface area contributed by atoms with Crippen molar-refractivity contribution in [1.82, 2.24) is 0 Å². The fourth-order valence-electron chi connectivity index (χ4n) is 1.95. The molecule has 3 heteroatoms. The van der Waals surface area contributed by atoms with Crippen molar-refractivity contribution in [2.75, 3.05) is 0 Å². The molecule has 0 amide bonds. The fraction of sp³-hybridized carbons (Fsp3) is 0.167. The van der Waals surface area contributed by atoms with Crippen molar-refractivity contribution in [3.05, 3.63) is 82.4 Å². The number of halogens is 1. The molecule has 0 bridgehead atoms. The zero-order valence-electron chi connectivity index (χ0n) is 12.1. The molecule has 0 aliphatic rings. The zero-order valence-corrected chi connectivity index (χ0v) is 12.9. The number of esters is 1. The Kier molecular flexibility index (Phi) is 4.81. The molecule has 0 aliphatic heterocycles. The molecule has 0 fully saturated rings. The van der Waals surface area contributed by atoms with E-state index in [1.807, 2.05) is 43.3 Å². The van der Waals surface area contributed by atoms with E-state index in [2.05, 4.69) is 6.58 Å². The van der Waals surface area contributed by atoms with Gasteiger partial charge in [0, 0.05) is 10.6 Å². The maximum absolute atomic E-state index is 11.9. The van der Waals surface area contributed by atoms with Gasteiger partial charge in [-0.05, 0) is 37.1 Å². The van der Waals surface area contributed by atoms with E-state index in [1.165, 1.54) is 0 Å². The highest BCUT2D eigenvalue weighted by molar-refractivity contribution is 6.30. The van der Waals surface area contributed by atoms with Crippen LogP contribution in [0.3, 0.4) is 0 Å². The molecule has 0 saturated heterocycles. The Labute approximate surface area is 130 Å². The number of carbonyl (C=O) groups is 1. The molecule has 0 heterocycles. The van der Waals surface area contributed by atoms with Crippen molar-refractivity contribution < 1.29 is 9.53 Å². The van der Waals surface area contributed by atoms with E-state index < -0.39 is 12.1 Å². The van der Waals surface area contributed by atoms with Crippen LogP contribution >= 0.6 is 11.6 Å². The van der Waals surface area contributed by atoms with E-state index >= 15 is 0 Å². The first-order valence-electron chi connectivity index (χ1n) is 6.66. The van der Waals surface area contributed by atoms with Gasteiger partial charge in [0.2, 0.25) is 0 Å². The van der Waals surface area contributed by atoms with E-state index in [-0.39, 0.29) is 0 Å². The number of hydrogen-bond donors (Lipinski definition) is 0. The summed E-state index contributed by atoms with van der Waals surface area (Å²) in [6.45, 7) is 7.27. The topological polar surface area (TPSA) is 26.3 Å². The molecule has 0 aromatic heterocycles. The van der Waals surface area contributed by atoms with Gasteiger partial charge in [0.15, 0.2) is 6.10 Å². The number of aryl methyl sites for hydroxylation is 1. The fourth-order valence-corrected chi connectivity index (χ4v) is 2.15. The number of rotatable bonds is 4. The molecule has 2 aromatic carbocycles. The molecule has 2 aromatic rings. The van der Waals surface area contributed by atoms with Crippen LogP contribution in [-0.2, 0) is 9.53 Å². The van der Waals surface area contributed by atoms with Gasteiger partial charge in [0.1, 0.15) is 0 Å². The monoisotopic (exact) mass is 300 g/mol. The van der Waals surface area contributed by atoms with E-state index in [9.17, 15) is 4.79 Å². The minimum absolute atomic E-state index is 0.370. The highest BCUT2D eigenvalue weighted by Crippen LogP contribution is 2.28. The second-order valence-corrected chi connectivity index (χ2v) is 5.47. The van der Waals surface area contributed by atoms with Gasteiger partial charge in [-0.2, -0.15) is 0 Å². The lowest BCUT2D eigenvalue weighted by Crippen LogP contribution is -2.13. The molecule has 21 heavy (non-hydrogen) atoms. The van der Waals surface area contributed by atoms with Crippen LogP contribution in [0.4, 0.5) is 0 Å². The minimum Gasteiger partial charge on any atom is -0.449 e. The lowest BCUT2D eigenvalue weighted by atomic mass is 10.0. The van der Waals surface area contributed by atoms with Gasteiger partial charge in [0.05, 0.1) is 0 Å². The maximum atomic E-state index is 11.9. The van der Waals surface area contributed by atoms with Crippen molar-refractivity contribution in [1.29, 1.82) is 0 Å². The Morgan fingerprint density at radius 2 is 1.81 bits per heavy atom. The smallest absolute Gasteiger partial charge is 0.334 e. The van der Waals surface area contributed by atoms with Crippen LogP contribution in [0.1, 0.15) is 29.7 Å². The van der Waals surface area contributed by atoms with Gasteiger partial charge in [-0.15, -0.1) is 0 Å². The van der Waals surface area contributed by atoms with Gasteiger partial charge in [-0.3, -0.25) is 0 Å². The summed E-state index contributed by atoms with van der Waals surface area (Å²) in [5.74, 6) is -0.416. The largest absolute Gasteiger partial charge is 0.449 e. The molecule has 0 radical (unpaired) electrons. The van der Waals surface area contributed by atoms with E-state index in [0.717, 1.165) is 16.7 Å². The third-order valence-corrected chi connectivity index (χ3v) is 3.34. The molecule has 0 aliphatic carbocycles. The predicted molar refractivity (Wildman–Crippen MR) is 85.4 cm³/mol. The molecule has 2 rings (SSSR count). The summed E-state index contributed by atoms with van der Waals surface area (Å²) in [5, 5.41) is 0.607. The van der Waals surface area contributed by atoms with Crippen LogP contribution in [0, 0.1) is 6.92 Å². The number of benzene rings is 2. The first-order chi connectivity index (χ1) is 9.97. The summed E-state index contributed by atoms with van der Waals surface area (Å²) in [7, 11) is 0. The number of carbonyl (C=O) groups excluding carboxylic acids is 1. The van der Waals surface area contributed by atoms with Crippen molar-refractivity contribution in [3.8, 4) is 0 Å². The number of ether oxygens (including phenoxy) is 1. The van der Waals surface area contributed by atoms with E-state index in [4.69, 9.17) is 16.3 Å². The Hall–Kier alpha value is -2.06. The van der Waals surface area contributed by atoms with Crippen molar-refractivity contribution in [3.63, 3.8) is 0 Å². The molecule has 108 valence electrons. The predicted octanol–water partition coefficient (Wildman–Crippen LogP) is 4.86. The molecule has 0 N–H and O–H groups in total. The second-order valence-electron chi connectivity index (χ2n) is 5.03. The second kappa shape index (κ2) is 6.59. The molecular formula is C18H17ClO2. The van der Waals surface area contributed by atoms with E-state index in [0.29, 0.717) is 10.6 Å². The van der Waals surface area contributed by atoms with Crippen LogP contribution in [0.2, 0.25) is 5.02 Å².